The Hall–Kier alpha value is -0.0800. The highest BCUT2D eigenvalue weighted by molar-refractivity contribution is 4.75. The van der Waals surface area contributed by atoms with Crippen molar-refractivity contribution in [1.82, 2.24) is 0 Å². The summed E-state index contributed by atoms with van der Waals surface area (Å²) in [7, 11) is 0. The van der Waals surface area contributed by atoms with Gasteiger partial charge in [-0.3, -0.25) is 0 Å². The molecule has 0 aromatic rings. The third-order valence-electron chi connectivity index (χ3n) is 3.76. The first-order chi connectivity index (χ1) is 7.77. The molecule has 2 nitrogen and oxygen atoms in total. The fourth-order valence-corrected chi connectivity index (χ4v) is 2.54. The number of ether oxygens (including phenoxy) is 1. The fraction of sp³-hybridized carbons (Fsp3) is 1.00. The summed E-state index contributed by atoms with van der Waals surface area (Å²) in [6, 6.07) is 0. The normalized spacial score (nSPS) is 25.3. The van der Waals surface area contributed by atoms with Crippen LogP contribution in [0.15, 0.2) is 0 Å². The van der Waals surface area contributed by atoms with Crippen molar-refractivity contribution >= 4 is 0 Å². The maximum atomic E-state index is 10.1. The third kappa shape index (κ3) is 4.84. The first-order valence-corrected chi connectivity index (χ1v) is 7.07. The standard InChI is InChI=1S/C14H28O2/c1-3-5-8-12(4-2)11-13(15)14-9-6-7-10-16-14/h12-15H,3-11H2,1-2H3. The molecular formula is C14H28O2. The van der Waals surface area contributed by atoms with Crippen LogP contribution in [0, 0.1) is 5.92 Å². The molecule has 0 bridgehead atoms. The van der Waals surface area contributed by atoms with Crippen molar-refractivity contribution in [2.24, 2.45) is 5.92 Å². The van der Waals surface area contributed by atoms with Crippen LogP contribution in [0.3, 0.4) is 0 Å². The molecule has 96 valence electrons. The van der Waals surface area contributed by atoms with Gasteiger partial charge in [0.2, 0.25) is 0 Å². The van der Waals surface area contributed by atoms with Gasteiger partial charge in [-0.05, 0) is 31.6 Å². The summed E-state index contributed by atoms with van der Waals surface area (Å²) in [6.07, 6.45) is 9.23. The monoisotopic (exact) mass is 228 g/mol. The van der Waals surface area contributed by atoms with E-state index in [1.165, 1.54) is 32.1 Å². The third-order valence-corrected chi connectivity index (χ3v) is 3.76. The second-order valence-electron chi connectivity index (χ2n) is 5.12. The lowest BCUT2D eigenvalue weighted by molar-refractivity contribution is -0.0697. The van der Waals surface area contributed by atoms with Crippen molar-refractivity contribution in [2.45, 2.75) is 77.4 Å². The van der Waals surface area contributed by atoms with Gasteiger partial charge >= 0.3 is 0 Å². The number of hydrogen-bond donors (Lipinski definition) is 1. The first-order valence-electron chi connectivity index (χ1n) is 7.07. The van der Waals surface area contributed by atoms with E-state index in [-0.39, 0.29) is 12.2 Å². The van der Waals surface area contributed by atoms with Gasteiger partial charge in [-0.15, -0.1) is 0 Å². The van der Waals surface area contributed by atoms with Gasteiger partial charge in [-0.25, -0.2) is 0 Å². The van der Waals surface area contributed by atoms with E-state index in [0.29, 0.717) is 5.92 Å². The largest absolute Gasteiger partial charge is 0.390 e. The quantitative estimate of drug-likeness (QED) is 0.722. The molecule has 0 spiro atoms. The zero-order valence-electron chi connectivity index (χ0n) is 11.0. The molecule has 0 aliphatic carbocycles. The van der Waals surface area contributed by atoms with E-state index in [0.717, 1.165) is 25.9 Å². The Morgan fingerprint density at radius 3 is 2.69 bits per heavy atom. The average molecular weight is 228 g/mol. The highest BCUT2D eigenvalue weighted by Gasteiger charge is 2.24. The van der Waals surface area contributed by atoms with Gasteiger partial charge in [0.1, 0.15) is 0 Å². The number of aliphatic hydroxyl groups excluding tert-OH is 1. The van der Waals surface area contributed by atoms with E-state index in [1.807, 2.05) is 0 Å². The summed E-state index contributed by atoms with van der Waals surface area (Å²) < 4.78 is 5.64. The molecule has 1 aliphatic rings. The highest BCUT2D eigenvalue weighted by Crippen LogP contribution is 2.24. The molecule has 1 fully saturated rings. The predicted molar refractivity (Wildman–Crippen MR) is 67.5 cm³/mol. The molecular weight excluding hydrogens is 200 g/mol. The molecule has 2 heteroatoms. The van der Waals surface area contributed by atoms with Crippen LogP contribution in [0.25, 0.3) is 0 Å². The molecule has 3 unspecified atom stereocenters. The van der Waals surface area contributed by atoms with E-state index in [9.17, 15) is 5.11 Å². The SMILES string of the molecule is CCCCC(CC)CC(O)C1CCCCO1. The zero-order valence-corrected chi connectivity index (χ0v) is 11.0. The van der Waals surface area contributed by atoms with Crippen LogP contribution in [0.1, 0.15) is 65.2 Å². The number of aliphatic hydroxyl groups is 1. The Morgan fingerprint density at radius 1 is 1.31 bits per heavy atom. The van der Waals surface area contributed by atoms with E-state index in [2.05, 4.69) is 13.8 Å². The van der Waals surface area contributed by atoms with Crippen molar-refractivity contribution in [3.05, 3.63) is 0 Å². The second-order valence-corrected chi connectivity index (χ2v) is 5.12. The van der Waals surface area contributed by atoms with Gasteiger partial charge in [0.25, 0.3) is 0 Å². The van der Waals surface area contributed by atoms with Crippen LogP contribution in [0.4, 0.5) is 0 Å². The minimum Gasteiger partial charge on any atom is -0.390 e. The maximum absolute atomic E-state index is 10.1. The summed E-state index contributed by atoms with van der Waals surface area (Å²) in [6.45, 7) is 5.30. The summed E-state index contributed by atoms with van der Waals surface area (Å²) >= 11 is 0. The number of hydrogen-bond acceptors (Lipinski definition) is 2. The Bertz CT molecular complexity index is 164. The topological polar surface area (TPSA) is 29.5 Å². The average Bonchev–Trinajstić information content (AvgIpc) is 2.35. The van der Waals surface area contributed by atoms with Crippen molar-refractivity contribution in [2.75, 3.05) is 6.61 Å². The molecule has 0 aromatic heterocycles. The van der Waals surface area contributed by atoms with E-state index in [1.54, 1.807) is 0 Å². The first kappa shape index (κ1) is 14.0. The highest BCUT2D eigenvalue weighted by atomic mass is 16.5. The van der Waals surface area contributed by atoms with Gasteiger partial charge in [-0.2, -0.15) is 0 Å². The summed E-state index contributed by atoms with van der Waals surface area (Å²) in [4.78, 5) is 0. The number of rotatable bonds is 7. The lowest BCUT2D eigenvalue weighted by Crippen LogP contribution is -2.33. The number of unbranched alkanes of at least 4 members (excludes halogenated alkanes) is 1. The van der Waals surface area contributed by atoms with Gasteiger partial charge in [0.05, 0.1) is 12.2 Å². The molecule has 0 saturated carbocycles. The summed E-state index contributed by atoms with van der Waals surface area (Å²) in [5, 5.41) is 10.1. The molecule has 1 heterocycles. The van der Waals surface area contributed by atoms with Crippen LogP contribution in [-0.2, 0) is 4.74 Å². The van der Waals surface area contributed by atoms with Crippen molar-refractivity contribution in [1.29, 1.82) is 0 Å². The van der Waals surface area contributed by atoms with E-state index in [4.69, 9.17) is 4.74 Å². The Morgan fingerprint density at radius 2 is 2.12 bits per heavy atom. The van der Waals surface area contributed by atoms with Gasteiger partial charge in [0, 0.05) is 6.61 Å². The molecule has 16 heavy (non-hydrogen) atoms. The lowest BCUT2D eigenvalue weighted by atomic mass is 9.90. The van der Waals surface area contributed by atoms with Crippen molar-refractivity contribution in [3.8, 4) is 0 Å². The molecule has 0 radical (unpaired) electrons. The fourth-order valence-electron chi connectivity index (χ4n) is 2.54. The van der Waals surface area contributed by atoms with Crippen LogP contribution < -0.4 is 0 Å². The summed E-state index contributed by atoms with van der Waals surface area (Å²) in [5.41, 5.74) is 0. The maximum Gasteiger partial charge on any atom is 0.0834 e. The summed E-state index contributed by atoms with van der Waals surface area (Å²) in [5.74, 6) is 0.681. The molecule has 1 rings (SSSR count). The molecule has 0 amide bonds. The van der Waals surface area contributed by atoms with Crippen LogP contribution in [0.5, 0.6) is 0 Å². The zero-order chi connectivity index (χ0) is 11.8. The van der Waals surface area contributed by atoms with Crippen molar-refractivity contribution < 1.29 is 9.84 Å². The van der Waals surface area contributed by atoms with E-state index < -0.39 is 0 Å². The van der Waals surface area contributed by atoms with Gasteiger partial charge in [0.15, 0.2) is 0 Å². The molecule has 1 aliphatic heterocycles. The van der Waals surface area contributed by atoms with Gasteiger partial charge in [-0.1, -0.05) is 39.5 Å². The smallest absolute Gasteiger partial charge is 0.0834 e. The Kier molecular flexibility index (Phi) is 7.06. The van der Waals surface area contributed by atoms with Crippen LogP contribution in [0.2, 0.25) is 0 Å². The molecule has 1 saturated heterocycles. The van der Waals surface area contributed by atoms with Crippen LogP contribution >= 0.6 is 0 Å². The Labute approximate surface area is 100 Å². The van der Waals surface area contributed by atoms with Gasteiger partial charge < -0.3 is 9.84 Å². The molecule has 3 atom stereocenters. The minimum absolute atomic E-state index is 0.115. The lowest BCUT2D eigenvalue weighted by Gasteiger charge is -2.29. The predicted octanol–water partition coefficient (Wildman–Crippen LogP) is 3.52. The van der Waals surface area contributed by atoms with Crippen molar-refractivity contribution in [3.63, 3.8) is 0 Å². The van der Waals surface area contributed by atoms with Crippen LogP contribution in [-0.4, -0.2) is 23.9 Å². The Balaban J connectivity index is 2.26. The molecule has 0 aromatic carbocycles. The van der Waals surface area contributed by atoms with E-state index >= 15 is 0 Å². The second kappa shape index (κ2) is 8.08. The minimum atomic E-state index is -0.234. The molecule has 1 N–H and O–H groups in total.